The molecule has 1 amide bonds. The number of aromatic nitrogens is 1. The highest BCUT2D eigenvalue weighted by atomic mass is 35.5. The smallest absolute Gasteiger partial charge is 0.258 e. The summed E-state index contributed by atoms with van der Waals surface area (Å²) in [7, 11) is 1.62. The highest BCUT2D eigenvalue weighted by Gasteiger charge is 2.19. The predicted octanol–water partition coefficient (Wildman–Crippen LogP) is 3.25. The first kappa shape index (κ1) is 14.0. The van der Waals surface area contributed by atoms with Crippen LogP contribution in [0.5, 0.6) is 0 Å². The Bertz CT molecular complexity index is 554. The molecule has 2 rings (SSSR count). The van der Waals surface area contributed by atoms with Crippen molar-refractivity contribution in [2.24, 2.45) is 0 Å². The van der Waals surface area contributed by atoms with E-state index in [0.29, 0.717) is 13.0 Å². The van der Waals surface area contributed by atoms with E-state index in [1.807, 2.05) is 5.38 Å². The molecule has 0 atom stereocenters. The van der Waals surface area contributed by atoms with E-state index in [1.54, 1.807) is 13.2 Å². The second-order valence-corrected chi connectivity index (χ2v) is 5.39. The van der Waals surface area contributed by atoms with Crippen molar-refractivity contribution in [3.8, 4) is 0 Å². The molecule has 3 nitrogen and oxygen atoms in total. The van der Waals surface area contributed by atoms with Crippen molar-refractivity contribution in [3.63, 3.8) is 0 Å². The molecule has 1 aromatic heterocycles. The van der Waals surface area contributed by atoms with Crippen LogP contribution in [0, 0.1) is 5.82 Å². The highest BCUT2D eigenvalue weighted by Crippen LogP contribution is 2.20. The standard InChI is InChI=1S/C13H12ClFN2OS/c1-17(7-5-11-16-6-8-19-11)13(18)12-9(14)3-2-4-10(12)15/h2-4,6,8H,5,7H2,1H3. The fourth-order valence-electron chi connectivity index (χ4n) is 1.63. The predicted molar refractivity (Wildman–Crippen MR) is 74.2 cm³/mol. The molecule has 0 saturated carbocycles. The van der Waals surface area contributed by atoms with Crippen molar-refractivity contribution in [3.05, 3.63) is 51.2 Å². The Hall–Kier alpha value is -1.46. The summed E-state index contributed by atoms with van der Waals surface area (Å²) in [4.78, 5) is 17.7. The van der Waals surface area contributed by atoms with Crippen LogP contribution in [0.1, 0.15) is 15.4 Å². The van der Waals surface area contributed by atoms with Crippen LogP contribution in [-0.4, -0.2) is 29.4 Å². The van der Waals surface area contributed by atoms with E-state index in [0.717, 1.165) is 5.01 Å². The second kappa shape index (κ2) is 6.12. The van der Waals surface area contributed by atoms with Gasteiger partial charge in [0.05, 0.1) is 15.6 Å². The maximum atomic E-state index is 13.6. The Morgan fingerprint density at radius 1 is 1.53 bits per heavy atom. The molecule has 0 spiro atoms. The van der Waals surface area contributed by atoms with Gasteiger partial charge in [-0.15, -0.1) is 11.3 Å². The van der Waals surface area contributed by atoms with Gasteiger partial charge in [-0.25, -0.2) is 9.37 Å². The molecule has 19 heavy (non-hydrogen) atoms. The summed E-state index contributed by atoms with van der Waals surface area (Å²) in [6.07, 6.45) is 2.36. The number of rotatable bonds is 4. The van der Waals surface area contributed by atoms with Crippen LogP contribution in [0.3, 0.4) is 0 Å². The number of amides is 1. The number of thiazole rings is 1. The lowest BCUT2D eigenvalue weighted by Crippen LogP contribution is -2.29. The van der Waals surface area contributed by atoms with Gasteiger partial charge in [-0.2, -0.15) is 0 Å². The number of hydrogen-bond acceptors (Lipinski definition) is 3. The van der Waals surface area contributed by atoms with E-state index in [9.17, 15) is 9.18 Å². The molecule has 0 saturated heterocycles. The van der Waals surface area contributed by atoms with Crippen molar-refractivity contribution in [2.45, 2.75) is 6.42 Å². The Kier molecular flexibility index (Phi) is 4.50. The molecule has 6 heteroatoms. The van der Waals surface area contributed by atoms with E-state index in [4.69, 9.17) is 11.6 Å². The van der Waals surface area contributed by atoms with Crippen molar-refractivity contribution in [1.29, 1.82) is 0 Å². The van der Waals surface area contributed by atoms with E-state index in [-0.39, 0.29) is 10.6 Å². The Balaban J connectivity index is 2.06. The summed E-state index contributed by atoms with van der Waals surface area (Å²) < 4.78 is 13.6. The van der Waals surface area contributed by atoms with Gasteiger partial charge in [-0.05, 0) is 12.1 Å². The number of likely N-dealkylation sites (N-methyl/N-ethyl adjacent to an activating group) is 1. The summed E-state index contributed by atoms with van der Waals surface area (Å²) >= 11 is 7.40. The topological polar surface area (TPSA) is 33.2 Å². The van der Waals surface area contributed by atoms with Gasteiger partial charge < -0.3 is 4.90 Å². The van der Waals surface area contributed by atoms with Crippen LogP contribution in [0.2, 0.25) is 5.02 Å². The minimum absolute atomic E-state index is 0.0780. The lowest BCUT2D eigenvalue weighted by Gasteiger charge is -2.17. The van der Waals surface area contributed by atoms with E-state index in [1.165, 1.54) is 34.4 Å². The number of nitrogens with zero attached hydrogens (tertiary/aromatic N) is 2. The van der Waals surface area contributed by atoms with Gasteiger partial charge >= 0.3 is 0 Å². The minimum Gasteiger partial charge on any atom is -0.341 e. The molecule has 0 radical (unpaired) electrons. The molecule has 0 unspecified atom stereocenters. The molecule has 0 fully saturated rings. The zero-order valence-electron chi connectivity index (χ0n) is 10.3. The lowest BCUT2D eigenvalue weighted by atomic mass is 10.2. The number of benzene rings is 1. The fraction of sp³-hybridized carbons (Fsp3) is 0.231. The first-order valence-electron chi connectivity index (χ1n) is 5.67. The van der Waals surface area contributed by atoms with Crippen LogP contribution in [0.4, 0.5) is 4.39 Å². The first-order chi connectivity index (χ1) is 9.09. The molecular weight excluding hydrogens is 287 g/mol. The Labute approximate surface area is 119 Å². The Morgan fingerprint density at radius 2 is 2.32 bits per heavy atom. The summed E-state index contributed by atoms with van der Waals surface area (Å²) in [6, 6.07) is 4.21. The number of hydrogen-bond donors (Lipinski definition) is 0. The van der Waals surface area contributed by atoms with Gasteiger partial charge in [-0.3, -0.25) is 4.79 Å². The molecule has 2 aromatic rings. The van der Waals surface area contributed by atoms with Crippen LogP contribution in [0.25, 0.3) is 0 Å². The summed E-state index contributed by atoms with van der Waals surface area (Å²) in [6.45, 7) is 0.469. The minimum atomic E-state index is -0.599. The van der Waals surface area contributed by atoms with Crippen LogP contribution in [-0.2, 0) is 6.42 Å². The normalized spacial score (nSPS) is 10.5. The molecular formula is C13H12ClFN2OS. The highest BCUT2D eigenvalue weighted by molar-refractivity contribution is 7.09. The quantitative estimate of drug-likeness (QED) is 0.868. The van der Waals surface area contributed by atoms with Crippen molar-refractivity contribution < 1.29 is 9.18 Å². The Morgan fingerprint density at radius 3 is 2.95 bits per heavy atom. The molecule has 0 aliphatic heterocycles. The number of halogens is 2. The van der Waals surface area contributed by atoms with Crippen molar-refractivity contribution in [1.82, 2.24) is 9.88 Å². The molecule has 1 heterocycles. The van der Waals surface area contributed by atoms with Gasteiger partial charge in [0.25, 0.3) is 5.91 Å². The summed E-state index contributed by atoms with van der Waals surface area (Å²) in [5, 5.41) is 2.95. The summed E-state index contributed by atoms with van der Waals surface area (Å²) in [5.74, 6) is -1.02. The monoisotopic (exact) mass is 298 g/mol. The van der Waals surface area contributed by atoms with E-state index < -0.39 is 11.7 Å². The average molecular weight is 299 g/mol. The van der Waals surface area contributed by atoms with Gasteiger partial charge in [-0.1, -0.05) is 17.7 Å². The third-order valence-corrected chi connectivity index (χ3v) is 3.82. The molecule has 0 aliphatic rings. The molecule has 0 N–H and O–H groups in total. The van der Waals surface area contributed by atoms with Gasteiger partial charge in [0, 0.05) is 31.6 Å². The molecule has 100 valence electrons. The van der Waals surface area contributed by atoms with Crippen molar-refractivity contribution >= 4 is 28.8 Å². The third-order valence-electron chi connectivity index (χ3n) is 2.67. The number of carbonyl (C=O) groups is 1. The zero-order chi connectivity index (χ0) is 13.8. The maximum absolute atomic E-state index is 13.6. The SMILES string of the molecule is CN(CCc1nccs1)C(=O)c1c(F)cccc1Cl. The van der Waals surface area contributed by atoms with E-state index >= 15 is 0 Å². The lowest BCUT2D eigenvalue weighted by molar-refractivity contribution is 0.0792. The largest absolute Gasteiger partial charge is 0.341 e. The van der Waals surface area contributed by atoms with Gasteiger partial charge in [0.2, 0.25) is 0 Å². The van der Waals surface area contributed by atoms with Crippen LogP contribution in [0.15, 0.2) is 29.8 Å². The van der Waals surface area contributed by atoms with Gasteiger partial charge in [0.15, 0.2) is 0 Å². The van der Waals surface area contributed by atoms with Crippen LogP contribution < -0.4 is 0 Å². The second-order valence-electron chi connectivity index (χ2n) is 4.00. The summed E-state index contributed by atoms with van der Waals surface area (Å²) in [5.41, 5.74) is -0.0780. The molecule has 0 aliphatic carbocycles. The molecule has 1 aromatic carbocycles. The maximum Gasteiger partial charge on any atom is 0.258 e. The van der Waals surface area contributed by atoms with Crippen molar-refractivity contribution in [2.75, 3.05) is 13.6 Å². The van der Waals surface area contributed by atoms with E-state index in [2.05, 4.69) is 4.98 Å². The zero-order valence-corrected chi connectivity index (χ0v) is 11.8. The molecule has 0 bridgehead atoms. The van der Waals surface area contributed by atoms with Crippen LogP contribution >= 0.6 is 22.9 Å². The average Bonchev–Trinajstić information content (AvgIpc) is 2.88. The van der Waals surface area contributed by atoms with Gasteiger partial charge in [0.1, 0.15) is 5.82 Å². The number of carbonyl (C=O) groups excluding carboxylic acids is 1. The fourth-order valence-corrected chi connectivity index (χ4v) is 2.49. The first-order valence-corrected chi connectivity index (χ1v) is 6.93. The third kappa shape index (κ3) is 3.30.